The van der Waals surface area contributed by atoms with Gasteiger partial charge in [-0.2, -0.15) is 0 Å². The van der Waals surface area contributed by atoms with E-state index in [2.05, 4.69) is 15.9 Å². The molecule has 9 nitrogen and oxygen atoms in total. The van der Waals surface area contributed by atoms with Crippen molar-refractivity contribution in [3.05, 3.63) is 121 Å². The van der Waals surface area contributed by atoms with Crippen molar-refractivity contribution < 1.29 is 19.1 Å². The van der Waals surface area contributed by atoms with Crippen molar-refractivity contribution in [1.82, 2.24) is 13.9 Å². The SMILES string of the molecule is O=C1N(c2ccc(F)cc2)C(=O)C2(Cl)C(c3cc(Br)ccc3O)C3=CCn4c(=O)n(-c5ccccc5)c(=O)n4C3CC12Cl. The van der Waals surface area contributed by atoms with Gasteiger partial charge in [-0.25, -0.2) is 32.8 Å². The Morgan fingerprint density at radius 2 is 1.58 bits per heavy atom. The molecule has 1 saturated heterocycles. The standard InChI is InChI=1S/C30H20BrCl2FN4O5/c31-16-6-11-23(39)21(14-16)24-20-12-13-35-27(42)37(18-4-2-1-3-5-18)28(43)38(35)22(20)15-29(32)25(40)36(26(41)30(24,29)33)19-9-7-17(34)8-10-19/h1-12,14,22,24,39H,13,15H2. The lowest BCUT2D eigenvalue weighted by Crippen LogP contribution is -2.59. The van der Waals surface area contributed by atoms with Crippen molar-refractivity contribution >= 4 is 56.6 Å². The average molecular weight is 686 g/mol. The molecule has 218 valence electrons. The van der Waals surface area contributed by atoms with Gasteiger partial charge in [-0.1, -0.05) is 40.2 Å². The number of halogens is 4. The van der Waals surface area contributed by atoms with E-state index in [-0.39, 0.29) is 30.0 Å². The van der Waals surface area contributed by atoms with E-state index in [4.69, 9.17) is 23.2 Å². The molecule has 1 aliphatic carbocycles. The van der Waals surface area contributed by atoms with Crippen LogP contribution in [0.25, 0.3) is 5.69 Å². The number of allylic oxidation sites excluding steroid dienone is 2. The van der Waals surface area contributed by atoms with Crippen LogP contribution in [0, 0.1) is 5.82 Å². The fourth-order valence-corrected chi connectivity index (χ4v) is 7.85. The molecule has 1 aromatic heterocycles. The Morgan fingerprint density at radius 3 is 2.28 bits per heavy atom. The molecule has 4 aromatic rings. The Kier molecular flexibility index (Phi) is 6.18. The second-order valence-electron chi connectivity index (χ2n) is 10.7. The molecule has 1 saturated carbocycles. The van der Waals surface area contributed by atoms with Crippen molar-refractivity contribution in [3.63, 3.8) is 0 Å². The number of para-hydroxylation sites is 1. The van der Waals surface area contributed by atoms with E-state index in [1.54, 1.807) is 48.5 Å². The minimum Gasteiger partial charge on any atom is -0.508 e. The topological polar surface area (TPSA) is 107 Å². The van der Waals surface area contributed by atoms with Crippen LogP contribution in [-0.4, -0.2) is 40.6 Å². The van der Waals surface area contributed by atoms with Gasteiger partial charge in [0.25, 0.3) is 11.8 Å². The van der Waals surface area contributed by atoms with E-state index in [1.807, 2.05) is 0 Å². The van der Waals surface area contributed by atoms with Gasteiger partial charge in [0, 0.05) is 22.4 Å². The summed E-state index contributed by atoms with van der Waals surface area (Å²) in [6.45, 7) is -0.0446. The molecule has 4 unspecified atom stereocenters. The van der Waals surface area contributed by atoms with Crippen LogP contribution in [0.1, 0.15) is 23.9 Å². The number of amides is 2. The highest BCUT2D eigenvalue weighted by Crippen LogP contribution is 2.64. The number of benzene rings is 3. The third kappa shape index (κ3) is 3.68. The van der Waals surface area contributed by atoms with Crippen molar-refractivity contribution in [2.45, 2.75) is 34.7 Å². The summed E-state index contributed by atoms with van der Waals surface area (Å²) in [4.78, 5) is 52.5. The van der Waals surface area contributed by atoms with Crippen LogP contribution in [0.3, 0.4) is 0 Å². The number of anilines is 1. The lowest BCUT2D eigenvalue weighted by atomic mass is 9.64. The first-order chi connectivity index (χ1) is 20.5. The predicted octanol–water partition coefficient (Wildman–Crippen LogP) is 4.61. The molecular formula is C30H20BrCl2FN4O5. The molecule has 0 bridgehead atoms. The fraction of sp³-hybridized carbons (Fsp3) is 0.200. The maximum Gasteiger partial charge on any atom is 0.352 e. The van der Waals surface area contributed by atoms with Gasteiger partial charge in [-0.05, 0) is 60.2 Å². The summed E-state index contributed by atoms with van der Waals surface area (Å²) in [5, 5.41) is 11.1. The molecule has 2 fully saturated rings. The van der Waals surface area contributed by atoms with E-state index < -0.39 is 50.7 Å². The first-order valence-corrected chi connectivity index (χ1v) is 14.7. The van der Waals surface area contributed by atoms with Crippen LogP contribution < -0.4 is 16.3 Å². The Labute approximate surface area is 261 Å². The largest absolute Gasteiger partial charge is 0.508 e. The summed E-state index contributed by atoms with van der Waals surface area (Å²) < 4.78 is 17.8. The lowest BCUT2D eigenvalue weighted by molar-refractivity contribution is -0.122. The van der Waals surface area contributed by atoms with Crippen LogP contribution in [0.4, 0.5) is 10.1 Å². The third-order valence-electron chi connectivity index (χ3n) is 8.48. The monoisotopic (exact) mass is 684 g/mol. The van der Waals surface area contributed by atoms with Gasteiger partial charge in [-0.3, -0.25) is 9.59 Å². The second-order valence-corrected chi connectivity index (χ2v) is 12.8. The highest BCUT2D eigenvalue weighted by atomic mass is 79.9. The summed E-state index contributed by atoms with van der Waals surface area (Å²) >= 11 is 18.0. The van der Waals surface area contributed by atoms with E-state index in [1.165, 1.54) is 27.6 Å². The van der Waals surface area contributed by atoms with Crippen LogP contribution in [-0.2, 0) is 16.1 Å². The zero-order valence-electron chi connectivity index (χ0n) is 22.0. The lowest BCUT2D eigenvalue weighted by Gasteiger charge is -2.49. The molecule has 1 N–H and O–H groups in total. The van der Waals surface area contributed by atoms with Gasteiger partial charge in [0.05, 0.1) is 24.0 Å². The molecular weight excluding hydrogens is 666 g/mol. The number of hydrogen-bond acceptors (Lipinski definition) is 5. The summed E-state index contributed by atoms with van der Waals surface area (Å²) in [5.74, 6) is -3.72. The first-order valence-electron chi connectivity index (χ1n) is 13.2. The zero-order chi connectivity index (χ0) is 30.4. The van der Waals surface area contributed by atoms with Crippen molar-refractivity contribution in [2.24, 2.45) is 0 Å². The van der Waals surface area contributed by atoms with Crippen LogP contribution in [0.15, 0.2) is 98.5 Å². The Bertz CT molecular complexity index is 2010. The second kappa shape index (κ2) is 9.54. The van der Waals surface area contributed by atoms with Crippen LogP contribution in [0.2, 0.25) is 0 Å². The summed E-state index contributed by atoms with van der Waals surface area (Å²) in [6.07, 6.45) is 1.36. The Balaban J connectivity index is 1.49. The number of aromatic hydroxyl groups is 1. The summed E-state index contributed by atoms with van der Waals surface area (Å²) in [6, 6.07) is 16.7. The van der Waals surface area contributed by atoms with Gasteiger partial charge in [-0.15, -0.1) is 23.2 Å². The average Bonchev–Trinajstić information content (AvgIpc) is 3.33. The zero-order valence-corrected chi connectivity index (χ0v) is 25.1. The minimum absolute atomic E-state index is 0.0446. The number of nitrogens with zero attached hydrogens (tertiary/aromatic N) is 4. The number of carbonyl (C=O) groups excluding carboxylic acids is 2. The van der Waals surface area contributed by atoms with Gasteiger partial charge >= 0.3 is 11.4 Å². The number of aromatic nitrogens is 3. The van der Waals surface area contributed by atoms with Crippen LogP contribution in [0.5, 0.6) is 5.75 Å². The Morgan fingerprint density at radius 1 is 0.884 bits per heavy atom. The molecule has 3 aliphatic rings. The fourth-order valence-electron chi connectivity index (χ4n) is 6.56. The minimum atomic E-state index is -2.17. The molecule has 0 spiro atoms. The van der Waals surface area contributed by atoms with E-state index in [0.29, 0.717) is 15.7 Å². The number of fused-ring (bicyclic) bond motifs is 4. The number of phenols is 1. The normalized spacial score (nSPS) is 26.1. The smallest absolute Gasteiger partial charge is 0.352 e. The summed E-state index contributed by atoms with van der Waals surface area (Å²) in [5.41, 5.74) is -0.218. The first kappa shape index (κ1) is 27.9. The van der Waals surface area contributed by atoms with Gasteiger partial charge < -0.3 is 5.11 Å². The molecule has 4 atom stereocenters. The van der Waals surface area contributed by atoms with Gasteiger partial charge in [0.15, 0.2) is 9.75 Å². The number of phenolic OH excluding ortho intramolecular Hbond substituents is 1. The number of rotatable bonds is 3. The van der Waals surface area contributed by atoms with Crippen molar-refractivity contribution in [1.29, 1.82) is 0 Å². The van der Waals surface area contributed by atoms with Crippen molar-refractivity contribution in [3.8, 4) is 11.4 Å². The van der Waals surface area contributed by atoms with Crippen molar-refractivity contribution in [2.75, 3.05) is 4.90 Å². The predicted molar refractivity (Wildman–Crippen MR) is 161 cm³/mol. The molecule has 2 amide bonds. The molecule has 3 heterocycles. The van der Waals surface area contributed by atoms with E-state index in [9.17, 15) is 28.7 Å². The van der Waals surface area contributed by atoms with E-state index >= 15 is 0 Å². The number of alkyl halides is 2. The third-order valence-corrected chi connectivity index (χ3v) is 10.4. The molecule has 2 aliphatic heterocycles. The molecule has 43 heavy (non-hydrogen) atoms. The van der Waals surface area contributed by atoms with Gasteiger partial charge in [0.1, 0.15) is 11.6 Å². The number of imide groups is 1. The molecule has 0 radical (unpaired) electrons. The highest BCUT2D eigenvalue weighted by Gasteiger charge is 2.76. The summed E-state index contributed by atoms with van der Waals surface area (Å²) in [7, 11) is 0. The maximum atomic E-state index is 14.3. The Hall–Kier alpha value is -3.93. The highest BCUT2D eigenvalue weighted by molar-refractivity contribution is 9.10. The molecule has 3 aromatic carbocycles. The van der Waals surface area contributed by atoms with Crippen LogP contribution >= 0.6 is 39.1 Å². The number of carbonyl (C=O) groups is 2. The quantitative estimate of drug-likeness (QED) is 0.193. The molecule has 7 rings (SSSR count). The number of hydrogen-bond donors (Lipinski definition) is 1. The maximum absolute atomic E-state index is 14.3. The van der Waals surface area contributed by atoms with E-state index in [0.717, 1.165) is 21.6 Å². The molecule has 13 heteroatoms. The van der Waals surface area contributed by atoms with Gasteiger partial charge in [0.2, 0.25) is 0 Å².